The van der Waals surface area contributed by atoms with Crippen molar-refractivity contribution in [1.82, 2.24) is 14.8 Å². The van der Waals surface area contributed by atoms with Gasteiger partial charge in [-0.1, -0.05) is 6.07 Å². The van der Waals surface area contributed by atoms with Crippen molar-refractivity contribution in [2.24, 2.45) is 0 Å². The average Bonchev–Trinajstić information content (AvgIpc) is 2.27. The number of carbonyl (C=O) groups excluding carboxylic acids is 2. The van der Waals surface area contributed by atoms with Gasteiger partial charge in [0.25, 0.3) is 0 Å². The van der Waals surface area contributed by atoms with Crippen LogP contribution >= 0.6 is 0 Å². The molecule has 5 heteroatoms. The van der Waals surface area contributed by atoms with Gasteiger partial charge in [0.15, 0.2) is 11.6 Å². The Morgan fingerprint density at radius 2 is 1.33 bits per heavy atom. The number of nitrogens with zero attached hydrogens (tertiary/aromatic N) is 3. The fraction of sp³-hybridized carbons (Fsp3) is 0.462. The molecule has 0 aliphatic rings. The maximum atomic E-state index is 11.8. The molecular formula is C13H19N3O2. The van der Waals surface area contributed by atoms with Gasteiger partial charge in [-0.15, -0.1) is 0 Å². The number of ketones is 2. The Morgan fingerprint density at radius 3 is 1.67 bits per heavy atom. The third-order valence-corrected chi connectivity index (χ3v) is 2.24. The second kappa shape index (κ2) is 6.37. The SMILES string of the molecule is CN(C)CC(=O)c1cccc(C(=O)CN(C)C)n1. The van der Waals surface area contributed by atoms with Gasteiger partial charge in [0, 0.05) is 0 Å². The smallest absolute Gasteiger partial charge is 0.195 e. The lowest BCUT2D eigenvalue weighted by Gasteiger charge is -2.10. The summed E-state index contributed by atoms with van der Waals surface area (Å²) < 4.78 is 0. The zero-order valence-corrected chi connectivity index (χ0v) is 11.3. The van der Waals surface area contributed by atoms with Crippen LogP contribution in [0.25, 0.3) is 0 Å². The Balaban J connectivity index is 2.85. The van der Waals surface area contributed by atoms with Gasteiger partial charge >= 0.3 is 0 Å². The molecule has 18 heavy (non-hydrogen) atoms. The summed E-state index contributed by atoms with van der Waals surface area (Å²) in [6, 6.07) is 4.97. The van der Waals surface area contributed by atoms with Crippen molar-refractivity contribution in [3.8, 4) is 0 Å². The van der Waals surface area contributed by atoms with E-state index in [0.29, 0.717) is 24.5 Å². The lowest BCUT2D eigenvalue weighted by atomic mass is 10.2. The van der Waals surface area contributed by atoms with E-state index in [0.717, 1.165) is 0 Å². The van der Waals surface area contributed by atoms with Crippen LogP contribution in [0, 0.1) is 0 Å². The molecule has 0 unspecified atom stereocenters. The molecule has 0 spiro atoms. The Bertz CT molecular complexity index is 404. The van der Waals surface area contributed by atoms with Gasteiger partial charge in [-0.2, -0.15) is 0 Å². The normalized spacial score (nSPS) is 11.0. The first-order chi connectivity index (χ1) is 8.40. The first-order valence-corrected chi connectivity index (χ1v) is 5.73. The molecule has 1 aromatic rings. The van der Waals surface area contributed by atoms with E-state index in [-0.39, 0.29) is 11.6 Å². The molecule has 0 N–H and O–H groups in total. The van der Waals surface area contributed by atoms with Gasteiger partial charge in [0.2, 0.25) is 0 Å². The second-order valence-corrected chi connectivity index (χ2v) is 4.73. The number of hydrogen-bond acceptors (Lipinski definition) is 5. The third kappa shape index (κ3) is 4.35. The molecule has 0 atom stereocenters. The highest BCUT2D eigenvalue weighted by molar-refractivity contribution is 5.99. The first kappa shape index (κ1) is 14.5. The number of rotatable bonds is 6. The highest BCUT2D eigenvalue weighted by Gasteiger charge is 2.13. The van der Waals surface area contributed by atoms with Crippen molar-refractivity contribution < 1.29 is 9.59 Å². The van der Waals surface area contributed by atoms with Crippen LogP contribution in [0.15, 0.2) is 18.2 Å². The summed E-state index contributed by atoms with van der Waals surface area (Å²) in [6.45, 7) is 0.580. The summed E-state index contributed by atoms with van der Waals surface area (Å²) in [5.41, 5.74) is 0.682. The predicted octanol–water partition coefficient (Wildman–Crippen LogP) is 0.570. The van der Waals surface area contributed by atoms with Crippen LogP contribution in [0.3, 0.4) is 0 Å². The van der Waals surface area contributed by atoms with E-state index in [9.17, 15) is 9.59 Å². The van der Waals surface area contributed by atoms with Crippen LogP contribution in [0.5, 0.6) is 0 Å². The molecule has 0 saturated heterocycles. The quantitative estimate of drug-likeness (QED) is 0.690. The van der Waals surface area contributed by atoms with E-state index in [4.69, 9.17) is 0 Å². The minimum Gasteiger partial charge on any atom is -0.302 e. The van der Waals surface area contributed by atoms with Crippen molar-refractivity contribution in [1.29, 1.82) is 0 Å². The van der Waals surface area contributed by atoms with E-state index in [1.54, 1.807) is 28.0 Å². The van der Waals surface area contributed by atoms with Crippen LogP contribution in [0.4, 0.5) is 0 Å². The van der Waals surface area contributed by atoms with Gasteiger partial charge in [-0.05, 0) is 40.3 Å². The summed E-state index contributed by atoms with van der Waals surface area (Å²) >= 11 is 0. The van der Waals surface area contributed by atoms with Gasteiger partial charge in [-0.25, -0.2) is 4.98 Å². The Hall–Kier alpha value is -1.59. The molecular weight excluding hydrogens is 230 g/mol. The Labute approximate surface area is 107 Å². The second-order valence-electron chi connectivity index (χ2n) is 4.73. The number of aromatic nitrogens is 1. The summed E-state index contributed by atoms with van der Waals surface area (Å²) in [7, 11) is 7.27. The molecule has 0 bridgehead atoms. The Kier molecular flexibility index (Phi) is 5.12. The standard InChI is InChI=1S/C13H19N3O2/c1-15(2)8-12(17)10-6-5-7-11(14-10)13(18)9-16(3)4/h5-7H,8-9H2,1-4H3. The van der Waals surface area contributed by atoms with E-state index < -0.39 is 0 Å². The summed E-state index contributed by atoms with van der Waals surface area (Å²) in [6.07, 6.45) is 0. The number of hydrogen-bond donors (Lipinski definition) is 0. The topological polar surface area (TPSA) is 53.5 Å². The van der Waals surface area contributed by atoms with Crippen LogP contribution < -0.4 is 0 Å². The monoisotopic (exact) mass is 249 g/mol. The van der Waals surface area contributed by atoms with Crippen molar-refractivity contribution >= 4 is 11.6 Å². The number of likely N-dealkylation sites (N-methyl/N-ethyl adjacent to an activating group) is 2. The molecule has 1 rings (SSSR count). The molecule has 0 aliphatic heterocycles. The van der Waals surface area contributed by atoms with Crippen LogP contribution in [-0.4, -0.2) is 67.6 Å². The number of pyridine rings is 1. The van der Waals surface area contributed by atoms with Gasteiger partial charge < -0.3 is 9.80 Å². The summed E-state index contributed by atoms with van der Waals surface area (Å²) in [5, 5.41) is 0. The fourth-order valence-electron chi connectivity index (χ4n) is 1.48. The molecule has 5 nitrogen and oxygen atoms in total. The lowest BCUT2D eigenvalue weighted by molar-refractivity contribution is 0.0949. The minimum absolute atomic E-state index is 0.0838. The van der Waals surface area contributed by atoms with Crippen LogP contribution in [0.2, 0.25) is 0 Å². The minimum atomic E-state index is -0.0838. The predicted molar refractivity (Wildman–Crippen MR) is 70.0 cm³/mol. The first-order valence-electron chi connectivity index (χ1n) is 5.73. The van der Waals surface area contributed by atoms with Crippen molar-refractivity contribution in [3.05, 3.63) is 29.6 Å². The van der Waals surface area contributed by atoms with Crippen molar-refractivity contribution in [2.75, 3.05) is 41.3 Å². The molecule has 1 aromatic heterocycles. The Morgan fingerprint density at radius 1 is 0.944 bits per heavy atom. The van der Waals surface area contributed by atoms with E-state index in [1.807, 2.05) is 28.2 Å². The summed E-state index contributed by atoms with van der Waals surface area (Å²) in [5.74, 6) is -0.168. The van der Waals surface area contributed by atoms with Gasteiger partial charge in [0.1, 0.15) is 11.4 Å². The molecule has 0 fully saturated rings. The summed E-state index contributed by atoms with van der Waals surface area (Å²) in [4.78, 5) is 31.3. The van der Waals surface area contributed by atoms with Crippen LogP contribution in [-0.2, 0) is 0 Å². The maximum Gasteiger partial charge on any atom is 0.195 e. The molecule has 0 aliphatic carbocycles. The molecule has 0 radical (unpaired) electrons. The zero-order valence-electron chi connectivity index (χ0n) is 11.3. The number of carbonyl (C=O) groups is 2. The van der Waals surface area contributed by atoms with E-state index >= 15 is 0 Å². The third-order valence-electron chi connectivity index (χ3n) is 2.24. The van der Waals surface area contributed by atoms with Crippen LogP contribution in [0.1, 0.15) is 21.0 Å². The zero-order chi connectivity index (χ0) is 13.7. The molecule has 98 valence electrons. The maximum absolute atomic E-state index is 11.8. The van der Waals surface area contributed by atoms with E-state index in [1.165, 1.54) is 0 Å². The molecule has 0 aromatic carbocycles. The number of Topliss-reactive ketones (excluding diaryl/α,β-unsaturated/α-hetero) is 2. The highest BCUT2D eigenvalue weighted by Crippen LogP contribution is 2.03. The average molecular weight is 249 g/mol. The molecule has 1 heterocycles. The fourth-order valence-corrected chi connectivity index (χ4v) is 1.48. The van der Waals surface area contributed by atoms with Crippen molar-refractivity contribution in [2.45, 2.75) is 0 Å². The molecule has 0 amide bonds. The van der Waals surface area contributed by atoms with Crippen molar-refractivity contribution in [3.63, 3.8) is 0 Å². The highest BCUT2D eigenvalue weighted by atomic mass is 16.1. The van der Waals surface area contributed by atoms with Gasteiger partial charge in [-0.3, -0.25) is 9.59 Å². The largest absolute Gasteiger partial charge is 0.302 e. The molecule has 0 saturated carbocycles. The lowest BCUT2D eigenvalue weighted by Crippen LogP contribution is -2.25. The van der Waals surface area contributed by atoms with Gasteiger partial charge in [0.05, 0.1) is 13.1 Å². The van der Waals surface area contributed by atoms with E-state index in [2.05, 4.69) is 4.98 Å².